The number of aliphatic hydroxyl groups is 9. The molecule has 0 aromatic carbocycles. The van der Waals surface area contributed by atoms with Crippen molar-refractivity contribution in [1.82, 2.24) is 0 Å². The van der Waals surface area contributed by atoms with Gasteiger partial charge in [-0.15, -0.1) is 0 Å². The summed E-state index contributed by atoms with van der Waals surface area (Å²) in [5.74, 6) is -0.246. The molecule has 7 rings (SSSR count). The van der Waals surface area contributed by atoms with Crippen molar-refractivity contribution in [2.24, 2.45) is 45.3 Å². The third kappa shape index (κ3) is 6.49. The Bertz CT molecular complexity index is 1430. The average molecular weight is 801 g/mol. The van der Waals surface area contributed by atoms with Crippen molar-refractivity contribution in [1.29, 1.82) is 0 Å². The van der Waals surface area contributed by atoms with E-state index in [0.29, 0.717) is 25.7 Å². The van der Waals surface area contributed by atoms with Crippen LogP contribution in [0.15, 0.2) is 0 Å². The minimum Gasteiger partial charge on any atom is -0.394 e. The van der Waals surface area contributed by atoms with Crippen LogP contribution in [0.25, 0.3) is 0 Å². The Hall–Kier alpha value is -0.560. The molecule has 7 fully saturated rings. The van der Waals surface area contributed by atoms with Crippen molar-refractivity contribution < 1.29 is 69.6 Å². The van der Waals surface area contributed by atoms with Crippen LogP contribution in [-0.2, 0) is 23.7 Å². The molecule has 0 amide bonds. The predicted molar refractivity (Wildman–Crippen MR) is 200 cm³/mol. The van der Waals surface area contributed by atoms with E-state index in [2.05, 4.69) is 41.5 Å². The smallest absolute Gasteiger partial charge is 0.187 e. The number of rotatable bonds is 7. The highest BCUT2D eigenvalue weighted by molar-refractivity contribution is 5.22. The van der Waals surface area contributed by atoms with E-state index in [1.54, 1.807) is 13.8 Å². The molecule has 4 saturated carbocycles. The second-order valence-corrected chi connectivity index (χ2v) is 21.2. The number of fused-ring (bicyclic) bond motifs is 5. The first-order chi connectivity index (χ1) is 25.9. The van der Waals surface area contributed by atoms with Gasteiger partial charge in [0.15, 0.2) is 12.6 Å². The van der Waals surface area contributed by atoms with Gasteiger partial charge in [-0.25, -0.2) is 0 Å². The third-order valence-electron chi connectivity index (χ3n) is 17.3. The lowest BCUT2D eigenvalue weighted by molar-refractivity contribution is -0.382. The van der Waals surface area contributed by atoms with Gasteiger partial charge in [-0.2, -0.15) is 0 Å². The lowest BCUT2D eigenvalue weighted by Crippen LogP contribution is -2.71. The number of aliphatic hydroxyl groups excluding tert-OH is 8. The molecule has 7 aliphatic rings. The Morgan fingerprint density at radius 3 is 2.04 bits per heavy atom. The van der Waals surface area contributed by atoms with E-state index in [-0.39, 0.29) is 35.2 Å². The van der Waals surface area contributed by atoms with E-state index in [4.69, 9.17) is 23.7 Å². The molecule has 0 aromatic heterocycles. The number of ether oxygens (including phenoxy) is 5. The SMILES string of the molecule is C[C@@H]1O[C@@H](O[C@H]2[C@H](O[C@H]3C[C@]4(C)[C@H](C[C@@H](O)[C@@H]5[C@@H]([C@@]6(C)CC[C@H](C(C)(C)O)O6)CC[C@]54C)[C@@]4(C)CC[C@H](O)C(C)(C)[C@H]34)O[C@H](CO)[C@@H](O)[C@@H]2O)[C@H](O)[C@H](O)[C@H]1O. The fraction of sp³-hybridized carbons (Fsp3) is 1.00. The highest BCUT2D eigenvalue weighted by atomic mass is 16.8. The van der Waals surface area contributed by atoms with Crippen molar-refractivity contribution >= 4 is 0 Å². The van der Waals surface area contributed by atoms with Gasteiger partial charge >= 0.3 is 0 Å². The maximum atomic E-state index is 12.4. The topological polar surface area (TPSA) is 228 Å². The first-order valence-electron chi connectivity index (χ1n) is 21.2. The highest BCUT2D eigenvalue weighted by Gasteiger charge is 2.74. The Balaban J connectivity index is 1.26. The van der Waals surface area contributed by atoms with Gasteiger partial charge in [-0.05, 0) is 124 Å². The van der Waals surface area contributed by atoms with E-state index in [1.807, 2.05) is 0 Å². The Morgan fingerprint density at radius 1 is 0.732 bits per heavy atom. The van der Waals surface area contributed by atoms with Crippen molar-refractivity contribution in [2.75, 3.05) is 6.61 Å². The van der Waals surface area contributed by atoms with Crippen LogP contribution in [0.5, 0.6) is 0 Å². The van der Waals surface area contributed by atoms with E-state index in [1.165, 1.54) is 6.92 Å². The minimum absolute atomic E-state index is 0.0557. The summed E-state index contributed by atoms with van der Waals surface area (Å²) in [5.41, 5.74) is -3.36. The summed E-state index contributed by atoms with van der Waals surface area (Å²) in [6.07, 6.45) is -11.0. The van der Waals surface area contributed by atoms with Gasteiger partial charge in [0.1, 0.15) is 42.7 Å². The molecule has 0 unspecified atom stereocenters. The molecule has 56 heavy (non-hydrogen) atoms. The summed E-state index contributed by atoms with van der Waals surface area (Å²) >= 11 is 0. The molecular weight excluding hydrogens is 728 g/mol. The van der Waals surface area contributed by atoms with Crippen LogP contribution in [0.3, 0.4) is 0 Å². The zero-order valence-corrected chi connectivity index (χ0v) is 34.8. The van der Waals surface area contributed by atoms with Crippen molar-refractivity contribution in [3.63, 3.8) is 0 Å². The lowest BCUT2D eigenvalue weighted by Gasteiger charge is -2.72. The van der Waals surface area contributed by atoms with Crippen LogP contribution >= 0.6 is 0 Å². The van der Waals surface area contributed by atoms with E-state index in [9.17, 15) is 46.0 Å². The number of hydrogen-bond donors (Lipinski definition) is 9. The van der Waals surface area contributed by atoms with Crippen LogP contribution in [-0.4, -0.2) is 150 Å². The lowest BCUT2D eigenvalue weighted by atomic mass is 9.34. The fourth-order valence-electron chi connectivity index (χ4n) is 14.1. The molecule has 14 heteroatoms. The largest absolute Gasteiger partial charge is 0.394 e. The molecule has 3 aliphatic heterocycles. The molecule has 0 spiro atoms. The molecular formula is C42H72O14. The molecule has 0 bridgehead atoms. The molecule has 14 nitrogen and oxygen atoms in total. The predicted octanol–water partition coefficient (Wildman–Crippen LogP) is 1.36. The molecule has 22 atom stereocenters. The molecule has 3 heterocycles. The molecule has 324 valence electrons. The summed E-state index contributed by atoms with van der Waals surface area (Å²) in [6, 6.07) is 0. The van der Waals surface area contributed by atoms with Crippen LogP contribution in [0.4, 0.5) is 0 Å². The molecule has 4 aliphatic carbocycles. The van der Waals surface area contributed by atoms with Crippen LogP contribution in [0.1, 0.15) is 114 Å². The van der Waals surface area contributed by atoms with Gasteiger partial charge < -0.3 is 69.6 Å². The van der Waals surface area contributed by atoms with Crippen molar-refractivity contribution in [3.05, 3.63) is 0 Å². The van der Waals surface area contributed by atoms with E-state index < -0.39 is 114 Å². The van der Waals surface area contributed by atoms with Crippen molar-refractivity contribution in [2.45, 2.75) is 211 Å². The van der Waals surface area contributed by atoms with Gasteiger partial charge in [0, 0.05) is 0 Å². The van der Waals surface area contributed by atoms with Gasteiger partial charge in [0.2, 0.25) is 0 Å². The monoisotopic (exact) mass is 800 g/mol. The second-order valence-electron chi connectivity index (χ2n) is 21.2. The van der Waals surface area contributed by atoms with Gasteiger partial charge in [0.25, 0.3) is 0 Å². The minimum atomic E-state index is -1.70. The molecule has 0 aromatic rings. The van der Waals surface area contributed by atoms with Gasteiger partial charge in [0.05, 0.1) is 48.3 Å². The second kappa shape index (κ2) is 14.5. The van der Waals surface area contributed by atoms with Crippen LogP contribution in [0.2, 0.25) is 0 Å². The maximum Gasteiger partial charge on any atom is 0.187 e. The summed E-state index contributed by atoms with van der Waals surface area (Å²) in [7, 11) is 0. The fourth-order valence-corrected chi connectivity index (χ4v) is 14.1. The van der Waals surface area contributed by atoms with E-state index in [0.717, 1.165) is 25.7 Å². The van der Waals surface area contributed by atoms with Crippen LogP contribution < -0.4 is 0 Å². The van der Waals surface area contributed by atoms with Crippen molar-refractivity contribution in [3.8, 4) is 0 Å². The van der Waals surface area contributed by atoms with Gasteiger partial charge in [-0.1, -0.05) is 34.6 Å². The van der Waals surface area contributed by atoms with Gasteiger partial charge in [-0.3, -0.25) is 0 Å². The zero-order valence-electron chi connectivity index (χ0n) is 34.8. The summed E-state index contributed by atoms with van der Waals surface area (Å²) in [5, 5.41) is 99.5. The van der Waals surface area contributed by atoms with E-state index >= 15 is 0 Å². The quantitative estimate of drug-likeness (QED) is 0.166. The zero-order chi connectivity index (χ0) is 41.3. The molecule has 0 radical (unpaired) electrons. The Kier molecular flexibility index (Phi) is 11.3. The molecule has 9 N–H and O–H groups in total. The first-order valence-corrected chi connectivity index (χ1v) is 21.2. The third-order valence-corrected chi connectivity index (χ3v) is 17.3. The molecule has 3 saturated heterocycles. The normalized spacial score (nSPS) is 57.3. The van der Waals surface area contributed by atoms with Crippen LogP contribution in [0, 0.1) is 45.3 Å². The Labute approximate surface area is 331 Å². The Morgan fingerprint density at radius 2 is 1.41 bits per heavy atom. The summed E-state index contributed by atoms with van der Waals surface area (Å²) in [4.78, 5) is 0. The maximum absolute atomic E-state index is 12.4. The summed E-state index contributed by atoms with van der Waals surface area (Å²) < 4.78 is 32.0. The first kappa shape index (κ1) is 43.5. The average Bonchev–Trinajstić information content (AvgIpc) is 3.71. The highest BCUT2D eigenvalue weighted by Crippen LogP contribution is 2.76. The summed E-state index contributed by atoms with van der Waals surface area (Å²) in [6.45, 7) is 17.6. The standard InChI is InChI=1S/C42H72O14/c1-19-28(46)30(48)32(50)35(52-19)55-33-31(49)29(47)23(18-43)54-36(33)53-22-17-41(8)24(39(6)13-11-25(45)37(2,3)34(22)39)16-21(44)27-20(10-14-40(27,41)7)42(9)15-12-26(56-42)38(4,5)51/h19-36,43-51H,10-18H2,1-9H3/t19-,20-,21+,22-,23+,24+,25-,26+,27-,28-,29+,30+,31-,32+,33+,34-,35-,36+,39+,40+,41+,42+/m0/s1. The number of hydrogen-bond acceptors (Lipinski definition) is 14.